The molecule has 0 amide bonds. The van der Waals surface area contributed by atoms with E-state index in [0.29, 0.717) is 23.2 Å². The number of carboxylic acid groups (broad SMARTS) is 1. The molecule has 8 nitrogen and oxygen atoms in total. The van der Waals surface area contributed by atoms with Crippen molar-refractivity contribution in [3.8, 4) is 0 Å². The number of anilines is 2. The highest BCUT2D eigenvalue weighted by molar-refractivity contribution is 6.04. The first kappa shape index (κ1) is 30.5. The van der Waals surface area contributed by atoms with E-state index < -0.39 is 11.6 Å². The first-order chi connectivity index (χ1) is 22.2. The van der Waals surface area contributed by atoms with Crippen LogP contribution in [-0.4, -0.2) is 57.8 Å². The van der Waals surface area contributed by atoms with Gasteiger partial charge in [0.05, 0.1) is 22.2 Å². The maximum Gasteiger partial charge on any atom is 0.339 e. The fourth-order valence-corrected chi connectivity index (χ4v) is 7.49. The number of rotatable bonds is 6. The highest BCUT2D eigenvalue weighted by atomic mass is 16.6. The summed E-state index contributed by atoms with van der Waals surface area (Å²) in [5, 5.41) is 11.0. The van der Waals surface area contributed by atoms with E-state index >= 15 is 0 Å². The van der Waals surface area contributed by atoms with E-state index in [4.69, 9.17) is 4.74 Å². The van der Waals surface area contributed by atoms with Gasteiger partial charge in [0.1, 0.15) is 5.60 Å². The Morgan fingerprint density at radius 3 is 1.65 bits per heavy atom. The second kappa shape index (κ2) is 12.2. The van der Waals surface area contributed by atoms with E-state index in [1.807, 2.05) is 39.0 Å². The molecule has 1 unspecified atom stereocenters. The molecule has 4 aliphatic rings. The average molecular weight is 621 g/mol. The van der Waals surface area contributed by atoms with Gasteiger partial charge in [0.15, 0.2) is 0 Å². The molecular formula is C38H44N4O4. The van der Waals surface area contributed by atoms with Crippen LogP contribution in [0.15, 0.2) is 60.9 Å². The van der Waals surface area contributed by atoms with Crippen molar-refractivity contribution in [1.82, 2.24) is 9.97 Å². The lowest BCUT2D eigenvalue weighted by molar-refractivity contribution is 0.00715. The van der Waals surface area contributed by atoms with Crippen molar-refractivity contribution in [2.45, 2.75) is 89.8 Å². The minimum Gasteiger partial charge on any atom is -0.478 e. The Morgan fingerprint density at radius 2 is 1.20 bits per heavy atom. The molecule has 240 valence electrons. The number of ether oxygens (including phenoxy) is 1. The lowest BCUT2D eigenvalue weighted by Gasteiger charge is -2.27. The van der Waals surface area contributed by atoms with Crippen LogP contribution in [0.4, 0.5) is 11.4 Å². The van der Waals surface area contributed by atoms with E-state index in [1.54, 1.807) is 24.5 Å². The van der Waals surface area contributed by atoms with Crippen LogP contribution in [0.3, 0.4) is 0 Å². The smallest absolute Gasteiger partial charge is 0.339 e. The highest BCUT2D eigenvalue weighted by Gasteiger charge is 2.39. The van der Waals surface area contributed by atoms with Gasteiger partial charge in [-0.25, -0.2) is 9.59 Å². The van der Waals surface area contributed by atoms with Crippen molar-refractivity contribution in [3.63, 3.8) is 0 Å². The number of aromatic carboxylic acids is 1. The minimum atomic E-state index is -0.889. The molecule has 2 atom stereocenters. The molecular weight excluding hydrogens is 576 g/mol. The average Bonchev–Trinajstić information content (AvgIpc) is 3.97. The topological polar surface area (TPSA) is 95.9 Å². The van der Waals surface area contributed by atoms with Gasteiger partial charge in [0.25, 0.3) is 0 Å². The van der Waals surface area contributed by atoms with Gasteiger partial charge in [-0.1, -0.05) is 0 Å². The molecule has 4 heterocycles. The van der Waals surface area contributed by atoms with Crippen molar-refractivity contribution < 1.29 is 19.4 Å². The Morgan fingerprint density at radius 1 is 0.717 bits per heavy atom. The molecule has 8 heteroatoms. The predicted molar refractivity (Wildman–Crippen MR) is 182 cm³/mol. The van der Waals surface area contributed by atoms with Gasteiger partial charge >= 0.3 is 11.9 Å². The van der Waals surface area contributed by atoms with Gasteiger partial charge in [-0.05, 0) is 133 Å². The minimum absolute atomic E-state index is 0.280. The normalized spacial score (nSPS) is 21.4. The SMILES string of the molecule is CC(C)(C)OC(=O)c1ccnc2ccc(N3CCC[C@@H]3C3CC3)cc12.O=C(O)c1ccnc2ccc(N3CCCC3C3CC3)cc12. The Kier molecular flexibility index (Phi) is 8.07. The molecule has 4 aromatic rings. The quantitative estimate of drug-likeness (QED) is 0.218. The fourth-order valence-electron chi connectivity index (χ4n) is 7.49. The van der Waals surface area contributed by atoms with Crippen LogP contribution in [0.25, 0.3) is 21.8 Å². The molecule has 2 saturated heterocycles. The number of fused-ring (bicyclic) bond motifs is 2. The number of carbonyl (C=O) groups excluding carboxylic acids is 1. The molecule has 8 rings (SSSR count). The van der Waals surface area contributed by atoms with Crippen LogP contribution in [0, 0.1) is 11.8 Å². The Hall–Kier alpha value is -4.20. The van der Waals surface area contributed by atoms with Gasteiger partial charge in [0, 0.05) is 59.7 Å². The number of hydrogen-bond donors (Lipinski definition) is 1. The number of nitrogens with zero attached hydrogens (tertiary/aromatic N) is 4. The molecule has 2 aromatic heterocycles. The van der Waals surface area contributed by atoms with Crippen LogP contribution in [0.2, 0.25) is 0 Å². The van der Waals surface area contributed by atoms with Gasteiger partial charge in [0.2, 0.25) is 0 Å². The van der Waals surface area contributed by atoms with E-state index in [-0.39, 0.29) is 5.97 Å². The van der Waals surface area contributed by atoms with Crippen LogP contribution < -0.4 is 9.80 Å². The van der Waals surface area contributed by atoms with E-state index in [2.05, 4.69) is 38.0 Å². The van der Waals surface area contributed by atoms with Crippen molar-refractivity contribution in [2.24, 2.45) is 11.8 Å². The number of hydrogen-bond acceptors (Lipinski definition) is 7. The maximum atomic E-state index is 12.6. The molecule has 1 N–H and O–H groups in total. The molecule has 2 aliphatic carbocycles. The van der Waals surface area contributed by atoms with E-state index in [0.717, 1.165) is 52.4 Å². The first-order valence-electron chi connectivity index (χ1n) is 16.9. The molecule has 2 saturated carbocycles. The number of carboxylic acids is 1. The number of aromatic nitrogens is 2. The summed E-state index contributed by atoms with van der Waals surface area (Å²) in [5.41, 5.74) is 4.38. The van der Waals surface area contributed by atoms with E-state index in [9.17, 15) is 14.7 Å². The van der Waals surface area contributed by atoms with Crippen LogP contribution in [0.1, 0.15) is 92.9 Å². The molecule has 2 aromatic carbocycles. The van der Waals surface area contributed by atoms with Crippen molar-refractivity contribution in [2.75, 3.05) is 22.9 Å². The summed E-state index contributed by atoms with van der Waals surface area (Å²) in [4.78, 5) is 37.7. The third kappa shape index (κ3) is 6.39. The van der Waals surface area contributed by atoms with Gasteiger partial charge in [-0.3, -0.25) is 9.97 Å². The molecule has 46 heavy (non-hydrogen) atoms. The zero-order chi connectivity index (χ0) is 32.0. The molecule has 2 aliphatic heterocycles. The van der Waals surface area contributed by atoms with Crippen molar-refractivity contribution in [3.05, 3.63) is 72.1 Å². The summed E-state index contributed by atoms with van der Waals surface area (Å²) in [6.45, 7) is 7.86. The summed E-state index contributed by atoms with van der Waals surface area (Å²) < 4.78 is 5.59. The number of esters is 1. The second-order valence-electron chi connectivity index (χ2n) is 14.4. The largest absolute Gasteiger partial charge is 0.478 e. The summed E-state index contributed by atoms with van der Waals surface area (Å²) in [6, 6.07) is 17.0. The van der Waals surface area contributed by atoms with Crippen molar-refractivity contribution >= 4 is 45.1 Å². The van der Waals surface area contributed by atoms with E-state index in [1.165, 1.54) is 57.1 Å². The maximum absolute atomic E-state index is 12.6. The van der Waals surface area contributed by atoms with Gasteiger partial charge in [-0.2, -0.15) is 0 Å². The number of pyridine rings is 2. The summed E-state index contributed by atoms with van der Waals surface area (Å²) >= 11 is 0. The lowest BCUT2D eigenvalue weighted by Crippen LogP contribution is -2.30. The standard InChI is InChI=1S/C21H26N2O2.C17H18N2O2/c1-21(2,3)25-20(24)16-10-11-22-18-9-8-15(13-17(16)18)23-12-4-5-19(23)14-6-7-14;20-17(21)13-7-8-18-15-6-5-12(10-14(13)15)19-9-1-2-16(19)11-3-4-11/h8-11,13-14,19H,4-7,12H2,1-3H3;5-8,10-11,16H,1-4,9H2,(H,20,21)/t19-;/m1./s1. The summed E-state index contributed by atoms with van der Waals surface area (Å²) in [6.07, 6.45) is 13.7. The van der Waals surface area contributed by atoms with Crippen LogP contribution in [-0.2, 0) is 4.74 Å². The lowest BCUT2D eigenvalue weighted by atomic mass is 10.1. The predicted octanol–water partition coefficient (Wildman–Crippen LogP) is 7.88. The molecule has 0 bridgehead atoms. The zero-order valence-electron chi connectivity index (χ0n) is 27.1. The fraction of sp³-hybridized carbons (Fsp3) is 0.474. The van der Waals surface area contributed by atoms with Gasteiger partial charge < -0.3 is 19.6 Å². The van der Waals surface area contributed by atoms with Crippen LogP contribution >= 0.6 is 0 Å². The third-order valence-electron chi connectivity index (χ3n) is 9.89. The highest BCUT2D eigenvalue weighted by Crippen LogP contribution is 2.43. The molecule has 0 spiro atoms. The number of benzene rings is 2. The monoisotopic (exact) mass is 620 g/mol. The summed E-state index contributed by atoms with van der Waals surface area (Å²) in [7, 11) is 0. The van der Waals surface area contributed by atoms with Gasteiger partial charge in [-0.15, -0.1) is 0 Å². The Balaban J connectivity index is 0.000000149. The summed E-state index contributed by atoms with van der Waals surface area (Å²) in [5.74, 6) is 0.533. The van der Waals surface area contributed by atoms with Crippen LogP contribution in [0.5, 0.6) is 0 Å². The molecule has 0 radical (unpaired) electrons. The Bertz CT molecular complexity index is 1770. The zero-order valence-corrected chi connectivity index (χ0v) is 27.1. The molecule has 4 fully saturated rings. The Labute approximate surface area is 270 Å². The second-order valence-corrected chi connectivity index (χ2v) is 14.4. The third-order valence-corrected chi connectivity index (χ3v) is 9.89. The number of carbonyl (C=O) groups is 2. The first-order valence-corrected chi connectivity index (χ1v) is 16.9. The van der Waals surface area contributed by atoms with Crippen molar-refractivity contribution in [1.29, 1.82) is 0 Å².